The van der Waals surface area contributed by atoms with Gasteiger partial charge in [-0.1, -0.05) is 49.3 Å². The Balaban J connectivity index is 2.06. The van der Waals surface area contributed by atoms with Gasteiger partial charge in [-0.25, -0.2) is 9.59 Å². The molecule has 36 heavy (non-hydrogen) atoms. The molecule has 0 radical (unpaired) electrons. The monoisotopic (exact) mass is 505 g/mol. The van der Waals surface area contributed by atoms with Crippen LogP contribution in [0.25, 0.3) is 0 Å². The van der Waals surface area contributed by atoms with Gasteiger partial charge >= 0.3 is 17.9 Å². The van der Waals surface area contributed by atoms with E-state index >= 15 is 0 Å². The predicted octanol–water partition coefficient (Wildman–Crippen LogP) is 1.62. The van der Waals surface area contributed by atoms with Gasteiger partial charge in [0.1, 0.15) is 18.2 Å². The fourth-order valence-electron chi connectivity index (χ4n) is 3.44. The number of carbonyl (C=O) groups is 4. The fraction of sp³-hybridized carbons (Fsp3) is 0.560. The van der Waals surface area contributed by atoms with Gasteiger partial charge in [0.25, 0.3) is 5.91 Å². The summed E-state index contributed by atoms with van der Waals surface area (Å²) in [5, 5.41) is 6.35. The Kier molecular flexibility index (Phi) is 9.57. The van der Waals surface area contributed by atoms with Gasteiger partial charge in [-0.3, -0.25) is 9.59 Å². The SMILES string of the molecule is COC(=O)[C@H](CC(=O)OC(C)(C)C)NC(=O)C1CC([C@](N)(C(=O)OCc2ccccc2)C(C)C)=NO1. The van der Waals surface area contributed by atoms with Crippen molar-refractivity contribution < 1.29 is 38.2 Å². The maximum Gasteiger partial charge on any atom is 0.332 e. The number of benzene rings is 1. The van der Waals surface area contributed by atoms with Gasteiger partial charge in [0.15, 0.2) is 5.54 Å². The lowest BCUT2D eigenvalue weighted by molar-refractivity contribution is -0.159. The Morgan fingerprint density at radius 2 is 1.81 bits per heavy atom. The smallest absolute Gasteiger partial charge is 0.332 e. The van der Waals surface area contributed by atoms with Crippen molar-refractivity contribution in [2.45, 2.75) is 77.4 Å². The zero-order valence-corrected chi connectivity index (χ0v) is 21.5. The molecule has 0 aliphatic carbocycles. The Labute approximate surface area is 210 Å². The van der Waals surface area contributed by atoms with E-state index in [1.54, 1.807) is 34.6 Å². The molecular formula is C25H35N3O8. The van der Waals surface area contributed by atoms with Crippen LogP contribution in [0.4, 0.5) is 0 Å². The Morgan fingerprint density at radius 1 is 1.17 bits per heavy atom. The number of hydrogen-bond donors (Lipinski definition) is 2. The van der Waals surface area contributed by atoms with E-state index in [-0.39, 0.29) is 18.7 Å². The topological polar surface area (TPSA) is 156 Å². The highest BCUT2D eigenvalue weighted by Gasteiger charge is 2.49. The van der Waals surface area contributed by atoms with Crippen LogP contribution >= 0.6 is 0 Å². The Bertz CT molecular complexity index is 987. The average Bonchev–Trinajstić information content (AvgIpc) is 3.31. The summed E-state index contributed by atoms with van der Waals surface area (Å²) in [6.45, 7) is 8.53. The molecule has 1 aromatic carbocycles. The van der Waals surface area contributed by atoms with Crippen LogP contribution < -0.4 is 11.1 Å². The van der Waals surface area contributed by atoms with Crippen molar-refractivity contribution in [3.05, 3.63) is 35.9 Å². The minimum atomic E-state index is -1.64. The molecule has 11 nitrogen and oxygen atoms in total. The second-order valence-corrected chi connectivity index (χ2v) is 9.80. The van der Waals surface area contributed by atoms with Crippen LogP contribution in [-0.4, -0.2) is 59.9 Å². The van der Waals surface area contributed by atoms with Crippen molar-refractivity contribution in [1.82, 2.24) is 5.32 Å². The maximum absolute atomic E-state index is 13.0. The number of nitrogens with one attached hydrogen (secondary N) is 1. The van der Waals surface area contributed by atoms with Gasteiger partial charge < -0.3 is 30.1 Å². The first kappa shape index (κ1) is 28.8. The van der Waals surface area contributed by atoms with E-state index in [1.807, 2.05) is 30.3 Å². The second kappa shape index (κ2) is 12.0. The third-order valence-corrected chi connectivity index (χ3v) is 5.49. The number of nitrogens with zero attached hydrogens (tertiary/aromatic N) is 1. The van der Waals surface area contributed by atoms with Crippen molar-refractivity contribution in [1.29, 1.82) is 0 Å². The number of oxime groups is 1. The molecule has 1 heterocycles. The van der Waals surface area contributed by atoms with Crippen molar-refractivity contribution in [3.63, 3.8) is 0 Å². The van der Waals surface area contributed by atoms with Gasteiger partial charge in [-0.05, 0) is 32.3 Å². The lowest BCUT2D eigenvalue weighted by Gasteiger charge is -2.30. The van der Waals surface area contributed by atoms with Crippen molar-refractivity contribution in [3.8, 4) is 0 Å². The minimum Gasteiger partial charge on any atom is -0.467 e. The van der Waals surface area contributed by atoms with Gasteiger partial charge in [0.2, 0.25) is 6.10 Å². The zero-order chi connectivity index (χ0) is 27.1. The molecule has 1 aromatic rings. The molecule has 11 heteroatoms. The van der Waals surface area contributed by atoms with E-state index in [2.05, 4.69) is 10.5 Å². The molecule has 1 aliphatic heterocycles. The van der Waals surface area contributed by atoms with Crippen LogP contribution in [0.3, 0.4) is 0 Å². The summed E-state index contributed by atoms with van der Waals surface area (Å²) in [5.74, 6) is -3.38. The van der Waals surface area contributed by atoms with E-state index in [0.717, 1.165) is 12.7 Å². The Morgan fingerprint density at radius 3 is 2.36 bits per heavy atom. The van der Waals surface area contributed by atoms with E-state index in [9.17, 15) is 19.2 Å². The third-order valence-electron chi connectivity index (χ3n) is 5.49. The number of esters is 3. The highest BCUT2D eigenvalue weighted by molar-refractivity contribution is 6.13. The molecule has 0 bridgehead atoms. The molecule has 0 aromatic heterocycles. The molecule has 0 fully saturated rings. The molecule has 3 atom stereocenters. The number of rotatable bonds is 10. The molecule has 3 N–H and O–H groups in total. The lowest BCUT2D eigenvalue weighted by Crippen LogP contribution is -2.59. The summed E-state index contributed by atoms with van der Waals surface area (Å²) in [5.41, 5.74) is 4.98. The first-order chi connectivity index (χ1) is 16.8. The summed E-state index contributed by atoms with van der Waals surface area (Å²) >= 11 is 0. The first-order valence-electron chi connectivity index (χ1n) is 11.6. The number of hydrogen-bond acceptors (Lipinski definition) is 10. The number of amides is 1. The van der Waals surface area contributed by atoms with Crippen molar-refractivity contribution in [2.24, 2.45) is 16.8 Å². The quantitative estimate of drug-likeness (QED) is 0.356. The molecule has 1 unspecified atom stereocenters. The summed E-state index contributed by atoms with van der Waals surface area (Å²) in [6.07, 6.45) is -1.72. The summed E-state index contributed by atoms with van der Waals surface area (Å²) in [6, 6.07) is 7.82. The molecule has 2 rings (SSSR count). The maximum atomic E-state index is 13.0. The third kappa shape index (κ3) is 7.51. The predicted molar refractivity (Wildman–Crippen MR) is 129 cm³/mol. The highest BCUT2D eigenvalue weighted by atomic mass is 16.6. The molecule has 0 saturated heterocycles. The van der Waals surface area contributed by atoms with Crippen molar-refractivity contribution >= 4 is 29.5 Å². The number of ether oxygens (including phenoxy) is 3. The number of methoxy groups -OCH3 is 1. The van der Waals surface area contributed by atoms with Crippen LogP contribution in [0.15, 0.2) is 35.5 Å². The molecule has 198 valence electrons. The molecule has 0 spiro atoms. The van der Waals surface area contributed by atoms with E-state index in [1.165, 1.54) is 0 Å². The van der Waals surface area contributed by atoms with Crippen LogP contribution in [0.1, 0.15) is 53.0 Å². The van der Waals surface area contributed by atoms with Gasteiger partial charge in [-0.2, -0.15) is 0 Å². The first-order valence-corrected chi connectivity index (χ1v) is 11.6. The van der Waals surface area contributed by atoms with Crippen LogP contribution in [0.2, 0.25) is 0 Å². The van der Waals surface area contributed by atoms with Crippen LogP contribution in [0.5, 0.6) is 0 Å². The largest absolute Gasteiger partial charge is 0.467 e. The molecule has 1 aliphatic rings. The average molecular weight is 506 g/mol. The Hall–Kier alpha value is -3.47. The minimum absolute atomic E-state index is 0.0227. The molecular weight excluding hydrogens is 470 g/mol. The normalized spacial score (nSPS) is 17.8. The highest BCUT2D eigenvalue weighted by Crippen LogP contribution is 2.26. The zero-order valence-electron chi connectivity index (χ0n) is 21.5. The van der Waals surface area contributed by atoms with E-state index in [4.69, 9.17) is 24.8 Å². The van der Waals surface area contributed by atoms with Gasteiger partial charge in [-0.15, -0.1) is 0 Å². The summed E-state index contributed by atoms with van der Waals surface area (Å²) in [7, 11) is 1.14. The fourth-order valence-corrected chi connectivity index (χ4v) is 3.44. The molecule has 0 saturated carbocycles. The number of carbonyl (C=O) groups excluding carboxylic acids is 4. The van der Waals surface area contributed by atoms with Crippen molar-refractivity contribution in [2.75, 3.05) is 7.11 Å². The summed E-state index contributed by atoms with van der Waals surface area (Å²) in [4.78, 5) is 55.4. The summed E-state index contributed by atoms with van der Waals surface area (Å²) < 4.78 is 15.4. The van der Waals surface area contributed by atoms with Crippen LogP contribution in [-0.2, 0) is 44.8 Å². The van der Waals surface area contributed by atoms with E-state index < -0.39 is 59.4 Å². The second-order valence-electron chi connectivity index (χ2n) is 9.80. The lowest BCUT2D eigenvalue weighted by atomic mass is 9.81. The van der Waals surface area contributed by atoms with Gasteiger partial charge in [0.05, 0.1) is 19.2 Å². The van der Waals surface area contributed by atoms with E-state index in [0.29, 0.717) is 0 Å². The number of nitrogens with two attached hydrogens (primary N) is 1. The van der Waals surface area contributed by atoms with Gasteiger partial charge in [0, 0.05) is 6.42 Å². The van der Waals surface area contributed by atoms with Crippen LogP contribution in [0, 0.1) is 5.92 Å². The molecule has 1 amide bonds. The standard InChI is InChI=1S/C25H35N3O8/c1-15(2)25(26,23(32)34-14-16-10-8-7-9-11-16)19-13-18(36-28-19)21(30)27-17(22(31)33-6)12-20(29)35-24(3,4)5/h7-11,15,17-18H,12-14,26H2,1-6H3,(H,27,30)/t17-,18?,25-/m0/s1.